The molecule has 0 radical (unpaired) electrons. The maximum Gasteiger partial charge on any atom is 0.266 e. The molecule has 0 unspecified atom stereocenters. The number of carbonyl (C=O) groups is 1. The van der Waals surface area contributed by atoms with E-state index in [1.54, 1.807) is 23.4 Å². The van der Waals surface area contributed by atoms with E-state index in [4.69, 9.17) is 11.6 Å². The maximum atomic E-state index is 12.7. The van der Waals surface area contributed by atoms with Crippen molar-refractivity contribution in [1.82, 2.24) is 9.88 Å². The summed E-state index contributed by atoms with van der Waals surface area (Å²) in [6.45, 7) is 4.46. The van der Waals surface area contributed by atoms with E-state index >= 15 is 0 Å². The third-order valence-corrected chi connectivity index (χ3v) is 5.02. The van der Waals surface area contributed by atoms with Gasteiger partial charge in [-0.2, -0.15) is 0 Å². The van der Waals surface area contributed by atoms with Crippen LogP contribution in [-0.4, -0.2) is 27.5 Å². The first-order chi connectivity index (χ1) is 12.6. The van der Waals surface area contributed by atoms with Crippen LogP contribution in [-0.2, 0) is 4.79 Å². The quantitative estimate of drug-likeness (QED) is 0.672. The molecule has 2 heterocycles. The number of rotatable bonds is 4. The second kappa shape index (κ2) is 8.34. The number of hydrogen-bond acceptors (Lipinski definition) is 4. The predicted molar refractivity (Wildman–Crippen MR) is 109 cm³/mol. The van der Waals surface area contributed by atoms with E-state index in [2.05, 4.69) is 9.98 Å². The maximum absolute atomic E-state index is 12.7. The van der Waals surface area contributed by atoms with E-state index in [1.807, 2.05) is 56.3 Å². The Kier molecular flexibility index (Phi) is 5.91. The van der Waals surface area contributed by atoms with Crippen molar-refractivity contribution in [2.45, 2.75) is 13.8 Å². The summed E-state index contributed by atoms with van der Waals surface area (Å²) >= 11 is 7.50. The van der Waals surface area contributed by atoms with Crippen molar-refractivity contribution in [1.29, 1.82) is 0 Å². The van der Waals surface area contributed by atoms with E-state index in [1.165, 1.54) is 11.8 Å². The zero-order chi connectivity index (χ0) is 18.5. The Morgan fingerprint density at radius 1 is 1.31 bits per heavy atom. The van der Waals surface area contributed by atoms with E-state index in [0.29, 0.717) is 27.3 Å². The van der Waals surface area contributed by atoms with Gasteiger partial charge in [0.05, 0.1) is 15.6 Å². The van der Waals surface area contributed by atoms with Crippen molar-refractivity contribution in [2.24, 2.45) is 4.99 Å². The average molecular weight is 384 g/mol. The van der Waals surface area contributed by atoms with Crippen LogP contribution in [0.25, 0.3) is 6.08 Å². The second-order valence-electron chi connectivity index (χ2n) is 5.68. The van der Waals surface area contributed by atoms with Crippen LogP contribution < -0.4 is 0 Å². The molecule has 2 aromatic rings. The molecule has 0 saturated carbocycles. The number of aromatic nitrogens is 1. The number of thioether (sulfide) groups is 1. The van der Waals surface area contributed by atoms with Crippen LogP contribution in [0.3, 0.4) is 0 Å². The first kappa shape index (κ1) is 18.4. The van der Waals surface area contributed by atoms with E-state index < -0.39 is 0 Å². The normalized spacial score (nSPS) is 18.2. The molecule has 0 bridgehead atoms. The first-order valence-electron chi connectivity index (χ1n) is 8.21. The molecule has 26 heavy (non-hydrogen) atoms. The van der Waals surface area contributed by atoms with Gasteiger partial charge in [-0.15, -0.1) is 0 Å². The zero-order valence-corrected chi connectivity index (χ0v) is 16.1. The second-order valence-corrected chi connectivity index (χ2v) is 7.10. The number of likely N-dealkylation sites (N-methyl/N-ethyl adjacent to an activating group) is 1. The Balaban J connectivity index is 1.90. The fraction of sp³-hybridized carbons (Fsp3) is 0.150. The number of amides is 1. The van der Waals surface area contributed by atoms with Gasteiger partial charge in [0.1, 0.15) is 0 Å². The number of pyridine rings is 1. The summed E-state index contributed by atoms with van der Waals surface area (Å²) in [6.07, 6.45) is 7.12. The molecule has 3 rings (SSSR count). The zero-order valence-electron chi connectivity index (χ0n) is 14.5. The van der Waals surface area contributed by atoms with Crippen molar-refractivity contribution in [2.75, 3.05) is 6.54 Å². The van der Waals surface area contributed by atoms with Gasteiger partial charge < -0.3 is 0 Å². The molecule has 1 amide bonds. The van der Waals surface area contributed by atoms with Gasteiger partial charge in [-0.3, -0.25) is 14.7 Å². The molecule has 0 spiro atoms. The Morgan fingerprint density at radius 2 is 2.08 bits per heavy atom. The molecule has 0 aliphatic carbocycles. The third-order valence-electron chi connectivity index (χ3n) is 3.72. The molecule has 1 fully saturated rings. The van der Waals surface area contributed by atoms with Gasteiger partial charge in [0.25, 0.3) is 5.91 Å². The predicted octanol–water partition coefficient (Wildman–Crippen LogP) is 5.31. The van der Waals surface area contributed by atoms with Crippen LogP contribution >= 0.6 is 23.4 Å². The topological polar surface area (TPSA) is 45.6 Å². The van der Waals surface area contributed by atoms with E-state index in [0.717, 1.165) is 11.1 Å². The number of halogens is 1. The summed E-state index contributed by atoms with van der Waals surface area (Å²) in [6, 6.07) is 11.8. The number of carbonyl (C=O) groups excluding carboxylic acids is 1. The van der Waals surface area contributed by atoms with Crippen LogP contribution in [0.1, 0.15) is 19.4 Å². The summed E-state index contributed by atoms with van der Waals surface area (Å²) in [4.78, 5) is 23.5. The van der Waals surface area contributed by atoms with Gasteiger partial charge in [-0.25, -0.2) is 4.99 Å². The Hall–Kier alpha value is -2.37. The van der Waals surface area contributed by atoms with Crippen molar-refractivity contribution >= 4 is 46.2 Å². The van der Waals surface area contributed by atoms with Crippen LogP contribution in [0.15, 0.2) is 70.3 Å². The van der Waals surface area contributed by atoms with Crippen LogP contribution in [0, 0.1) is 0 Å². The molecular formula is C20H18ClN3OS. The molecule has 1 saturated heterocycles. The third kappa shape index (κ3) is 4.23. The summed E-state index contributed by atoms with van der Waals surface area (Å²) in [7, 11) is 0. The molecule has 0 N–H and O–H groups in total. The molecule has 1 aliphatic rings. The van der Waals surface area contributed by atoms with Gasteiger partial charge in [-0.05, 0) is 48.9 Å². The standard InChI is InChI=1S/C20H18ClN3OS/c1-3-24-19(25)18(12-14(2)11-15-7-5-4-6-8-15)26-20(24)23-17-9-10-22-13-16(17)21/h4-13H,3H2,1-2H3/b14-11+,18-12-,23-20?. The minimum absolute atomic E-state index is 0.0396. The molecule has 1 aromatic carbocycles. The summed E-state index contributed by atoms with van der Waals surface area (Å²) < 4.78 is 0. The Labute approximate surface area is 162 Å². The largest absolute Gasteiger partial charge is 0.287 e. The smallest absolute Gasteiger partial charge is 0.266 e. The molecule has 1 aromatic heterocycles. The van der Waals surface area contributed by atoms with Crippen molar-refractivity contribution in [3.63, 3.8) is 0 Å². The molecular weight excluding hydrogens is 366 g/mol. The highest BCUT2D eigenvalue weighted by molar-refractivity contribution is 8.18. The van der Waals surface area contributed by atoms with Gasteiger partial charge >= 0.3 is 0 Å². The summed E-state index contributed by atoms with van der Waals surface area (Å²) in [5, 5.41) is 1.09. The van der Waals surface area contributed by atoms with Gasteiger partial charge in [0.2, 0.25) is 0 Å². The van der Waals surface area contributed by atoms with Crippen molar-refractivity contribution in [3.05, 3.63) is 75.9 Å². The average Bonchev–Trinajstić information content (AvgIpc) is 2.92. The number of amidine groups is 1. The van der Waals surface area contributed by atoms with E-state index in [9.17, 15) is 4.79 Å². The van der Waals surface area contributed by atoms with Crippen molar-refractivity contribution in [3.8, 4) is 0 Å². The Morgan fingerprint density at radius 3 is 2.77 bits per heavy atom. The lowest BCUT2D eigenvalue weighted by atomic mass is 10.1. The van der Waals surface area contributed by atoms with Crippen LogP contribution in [0.5, 0.6) is 0 Å². The SMILES string of the molecule is CCN1C(=O)/C(=C/C(C)=C/c2ccccc2)SC1=Nc1ccncc1Cl. The highest BCUT2D eigenvalue weighted by atomic mass is 35.5. The lowest BCUT2D eigenvalue weighted by Gasteiger charge is -2.12. The van der Waals surface area contributed by atoms with Gasteiger partial charge in [-0.1, -0.05) is 48.0 Å². The number of allylic oxidation sites excluding steroid dienone is 2. The lowest BCUT2D eigenvalue weighted by Crippen LogP contribution is -2.28. The minimum Gasteiger partial charge on any atom is -0.287 e. The first-order valence-corrected chi connectivity index (χ1v) is 9.41. The Bertz CT molecular complexity index is 906. The van der Waals surface area contributed by atoms with E-state index in [-0.39, 0.29) is 5.91 Å². The number of benzene rings is 1. The monoisotopic (exact) mass is 383 g/mol. The molecule has 1 aliphatic heterocycles. The minimum atomic E-state index is -0.0396. The van der Waals surface area contributed by atoms with Gasteiger partial charge in [0.15, 0.2) is 5.17 Å². The molecule has 132 valence electrons. The fourth-order valence-electron chi connectivity index (χ4n) is 2.49. The summed E-state index contributed by atoms with van der Waals surface area (Å²) in [5.74, 6) is -0.0396. The van der Waals surface area contributed by atoms with Gasteiger partial charge in [0, 0.05) is 18.9 Å². The number of hydrogen-bond donors (Lipinski definition) is 0. The highest BCUT2D eigenvalue weighted by Gasteiger charge is 2.32. The molecule has 0 atom stereocenters. The molecule has 6 heteroatoms. The summed E-state index contributed by atoms with van der Waals surface area (Å²) in [5.41, 5.74) is 2.71. The van der Waals surface area contributed by atoms with Crippen LogP contribution in [0.4, 0.5) is 5.69 Å². The molecule has 4 nitrogen and oxygen atoms in total. The lowest BCUT2D eigenvalue weighted by molar-refractivity contribution is -0.122. The van der Waals surface area contributed by atoms with Crippen LogP contribution in [0.2, 0.25) is 5.02 Å². The fourth-order valence-corrected chi connectivity index (χ4v) is 3.76. The van der Waals surface area contributed by atoms with Crippen molar-refractivity contribution < 1.29 is 4.79 Å². The highest BCUT2D eigenvalue weighted by Crippen LogP contribution is 2.34. The number of nitrogens with zero attached hydrogens (tertiary/aromatic N) is 3. The number of aliphatic imine (C=N–C) groups is 1.